The van der Waals surface area contributed by atoms with Crippen LogP contribution in [0.25, 0.3) is 0 Å². The lowest BCUT2D eigenvalue weighted by Gasteiger charge is -2.08. The van der Waals surface area contributed by atoms with Gasteiger partial charge < -0.3 is 4.89 Å². The lowest BCUT2D eigenvalue weighted by Crippen LogP contribution is -1.85. The first-order valence-corrected chi connectivity index (χ1v) is 7.39. The summed E-state index contributed by atoms with van der Waals surface area (Å²) in [4.78, 5) is 9.04. The molecule has 0 rings (SSSR count). The predicted octanol–water partition coefficient (Wildman–Crippen LogP) is 3.66. The summed E-state index contributed by atoms with van der Waals surface area (Å²) in [6, 6.07) is 0. The van der Waals surface area contributed by atoms with E-state index in [2.05, 4.69) is 7.94 Å². The summed E-state index contributed by atoms with van der Waals surface area (Å²) < 4.78 is 20.2. The summed E-state index contributed by atoms with van der Waals surface area (Å²) in [5.74, 6) is 1.37. The van der Waals surface area contributed by atoms with Crippen LogP contribution in [0.15, 0.2) is 0 Å². The average molecular weight is 283 g/mol. The minimum atomic E-state index is -3.83. The van der Waals surface area contributed by atoms with Crippen molar-refractivity contribution in [2.24, 2.45) is 0 Å². The van der Waals surface area contributed by atoms with Gasteiger partial charge in [0.25, 0.3) is 0 Å². The second kappa shape index (κ2) is 10.6. The predicted molar refractivity (Wildman–Crippen MR) is 64.7 cm³/mol. The summed E-state index contributed by atoms with van der Waals surface area (Å²) in [6.45, 7) is 3.93. The fraction of sp³-hybridized carbons (Fsp3) is 1.00. The molecule has 0 heterocycles. The Balaban J connectivity index is 0. The Labute approximate surface area is 100.0 Å². The molecule has 0 aliphatic rings. The van der Waals surface area contributed by atoms with Crippen molar-refractivity contribution in [2.45, 2.75) is 26.7 Å². The van der Waals surface area contributed by atoms with Gasteiger partial charge in [0.1, 0.15) is 0 Å². The van der Waals surface area contributed by atoms with Crippen molar-refractivity contribution in [3.05, 3.63) is 0 Å². The van der Waals surface area contributed by atoms with Crippen LogP contribution in [0.1, 0.15) is 26.7 Å². The Bertz CT molecular complexity index is 158. The molecule has 0 fully saturated rings. The zero-order valence-corrected chi connectivity index (χ0v) is 11.5. The van der Waals surface area contributed by atoms with Crippen LogP contribution in [-0.4, -0.2) is 16.4 Å². The van der Waals surface area contributed by atoms with E-state index in [-0.39, 0.29) is 12.4 Å². The third-order valence-corrected chi connectivity index (χ3v) is 4.37. The lowest BCUT2D eigenvalue weighted by atomic mass is 10.6. The van der Waals surface area contributed by atoms with Crippen molar-refractivity contribution in [1.82, 2.24) is 0 Å². The summed E-state index contributed by atoms with van der Waals surface area (Å²) >= 11 is 1.93. The molecule has 0 saturated heterocycles. The topological polar surface area (TPSA) is 55.8 Å². The molecule has 4 nitrogen and oxygen atoms in total. The first-order chi connectivity index (χ1) is 6.12. The van der Waals surface area contributed by atoms with E-state index in [1.165, 1.54) is 0 Å². The summed E-state index contributed by atoms with van der Waals surface area (Å²) in [6.07, 6.45) is 1.79. The zero-order valence-electron chi connectivity index (χ0n) is 8.17. The van der Waals surface area contributed by atoms with E-state index < -0.39 is 7.82 Å². The van der Waals surface area contributed by atoms with Crippen LogP contribution in [0.2, 0.25) is 0 Å². The molecule has 0 aliphatic heterocycles. The molecule has 8 heteroatoms. The average Bonchev–Trinajstić information content (AvgIpc) is 2.05. The number of hydrogen-bond acceptors (Lipinski definition) is 5. The monoisotopic (exact) mass is 282 g/mol. The van der Waals surface area contributed by atoms with Gasteiger partial charge in [0.2, 0.25) is 0 Å². The minimum Gasteiger partial charge on any atom is -0.301 e. The van der Waals surface area contributed by atoms with Gasteiger partial charge in [-0.2, -0.15) is 0 Å². The fourth-order valence-electron chi connectivity index (χ4n) is 0.387. The van der Waals surface area contributed by atoms with E-state index in [0.29, 0.717) is 11.5 Å². The smallest absolute Gasteiger partial charge is 0.301 e. The molecule has 0 saturated carbocycles. The van der Waals surface area contributed by atoms with Gasteiger partial charge in [-0.15, -0.1) is 12.4 Å². The number of hydrogen-bond donors (Lipinski definition) is 1. The lowest BCUT2D eigenvalue weighted by molar-refractivity contribution is 0.323. The molecule has 0 radical (unpaired) electrons. The molecule has 0 aromatic rings. The molecular weight excluding hydrogens is 267 g/mol. The minimum absolute atomic E-state index is 0. The van der Waals surface area contributed by atoms with Gasteiger partial charge in [-0.1, -0.05) is 13.8 Å². The fourth-order valence-corrected chi connectivity index (χ4v) is 2.71. The second-order valence-electron chi connectivity index (χ2n) is 2.26. The summed E-state index contributed by atoms with van der Waals surface area (Å²) in [5, 5.41) is 0. The molecule has 0 aromatic carbocycles. The Morgan fingerprint density at radius 3 is 1.79 bits per heavy atom. The maximum atomic E-state index is 11.0. The quantitative estimate of drug-likeness (QED) is 0.416. The molecule has 0 aromatic heterocycles. The van der Waals surface area contributed by atoms with Crippen LogP contribution < -0.4 is 0 Å². The van der Waals surface area contributed by atoms with Crippen molar-refractivity contribution < 1.29 is 17.4 Å². The SMILES string of the molecule is CCCSOP(=O)(O)OSCCC.Cl. The van der Waals surface area contributed by atoms with Gasteiger partial charge in [0, 0.05) is 35.6 Å². The van der Waals surface area contributed by atoms with Crippen LogP contribution in [0.4, 0.5) is 0 Å². The Morgan fingerprint density at radius 1 is 1.14 bits per heavy atom. The highest BCUT2D eigenvalue weighted by Crippen LogP contribution is 2.50. The van der Waals surface area contributed by atoms with Crippen LogP contribution >= 0.6 is 44.3 Å². The second-order valence-corrected chi connectivity index (χ2v) is 5.68. The standard InChI is InChI=1S/C6H15O4PS2.ClH/c1-3-5-12-9-11(7,8)10-13-6-4-2;/h3-6H2,1-2H3,(H,7,8);1H. The molecule has 0 aliphatic carbocycles. The molecule has 88 valence electrons. The highest BCUT2D eigenvalue weighted by Gasteiger charge is 2.22. The van der Waals surface area contributed by atoms with E-state index >= 15 is 0 Å². The Morgan fingerprint density at radius 2 is 1.50 bits per heavy atom. The van der Waals surface area contributed by atoms with Gasteiger partial charge in [0.05, 0.1) is 0 Å². The van der Waals surface area contributed by atoms with Crippen LogP contribution in [0, 0.1) is 0 Å². The molecule has 0 atom stereocenters. The van der Waals surface area contributed by atoms with E-state index in [1.807, 2.05) is 13.8 Å². The summed E-state index contributed by atoms with van der Waals surface area (Å²) in [7, 11) is -3.83. The van der Waals surface area contributed by atoms with E-state index in [4.69, 9.17) is 4.89 Å². The number of halogens is 1. The van der Waals surface area contributed by atoms with Crippen LogP contribution in [-0.2, 0) is 12.5 Å². The molecule has 1 N–H and O–H groups in total. The van der Waals surface area contributed by atoms with Crippen molar-refractivity contribution in [1.29, 1.82) is 0 Å². The highest BCUT2D eigenvalue weighted by atomic mass is 35.5. The zero-order chi connectivity index (χ0) is 10.2. The maximum absolute atomic E-state index is 11.0. The molecule has 0 unspecified atom stereocenters. The van der Waals surface area contributed by atoms with Crippen molar-refractivity contribution in [2.75, 3.05) is 11.5 Å². The van der Waals surface area contributed by atoms with Crippen molar-refractivity contribution in [3.8, 4) is 0 Å². The van der Waals surface area contributed by atoms with Gasteiger partial charge >= 0.3 is 7.82 Å². The molecule has 0 spiro atoms. The largest absolute Gasteiger partial charge is 0.494 e. The molecule has 14 heavy (non-hydrogen) atoms. The first kappa shape index (κ1) is 17.5. The first-order valence-electron chi connectivity index (χ1n) is 4.07. The number of phosphoric acid groups is 1. The normalized spacial score (nSPS) is 11.1. The third kappa shape index (κ3) is 11.2. The Hall–Kier alpha value is 1.10. The highest BCUT2D eigenvalue weighted by molar-refractivity contribution is 8.01. The van der Waals surface area contributed by atoms with Gasteiger partial charge in [-0.25, -0.2) is 12.5 Å². The Kier molecular flexibility index (Phi) is 13.3. The third-order valence-electron chi connectivity index (χ3n) is 0.869. The van der Waals surface area contributed by atoms with Crippen molar-refractivity contribution in [3.63, 3.8) is 0 Å². The molecular formula is C6H16ClO4PS2. The van der Waals surface area contributed by atoms with E-state index in [0.717, 1.165) is 36.9 Å². The van der Waals surface area contributed by atoms with Gasteiger partial charge in [0.15, 0.2) is 0 Å². The molecule has 0 bridgehead atoms. The van der Waals surface area contributed by atoms with E-state index in [9.17, 15) is 4.57 Å². The summed E-state index contributed by atoms with van der Waals surface area (Å²) in [5.41, 5.74) is 0. The maximum Gasteiger partial charge on any atom is 0.494 e. The van der Waals surface area contributed by atoms with E-state index in [1.54, 1.807) is 0 Å². The number of rotatable bonds is 8. The van der Waals surface area contributed by atoms with Crippen LogP contribution in [0.3, 0.4) is 0 Å². The van der Waals surface area contributed by atoms with Crippen LogP contribution in [0.5, 0.6) is 0 Å². The molecule has 0 amide bonds. The van der Waals surface area contributed by atoms with Gasteiger partial charge in [-0.05, 0) is 12.8 Å². The van der Waals surface area contributed by atoms with Gasteiger partial charge in [-0.3, -0.25) is 0 Å². The van der Waals surface area contributed by atoms with Crippen molar-refractivity contribution >= 4 is 44.3 Å².